The van der Waals surface area contributed by atoms with E-state index in [0.29, 0.717) is 31.2 Å². The number of rotatable bonds is 8. The zero-order chi connectivity index (χ0) is 13.4. The molecule has 0 atom stereocenters. The maximum absolute atomic E-state index is 11.5. The summed E-state index contributed by atoms with van der Waals surface area (Å²) in [5, 5.41) is 0. The van der Waals surface area contributed by atoms with E-state index in [0.717, 1.165) is 6.42 Å². The third-order valence-electron chi connectivity index (χ3n) is 2.28. The second-order valence-electron chi connectivity index (χ2n) is 3.61. The van der Waals surface area contributed by atoms with Gasteiger partial charge in [0, 0.05) is 26.7 Å². The molecule has 0 aromatic carbocycles. The van der Waals surface area contributed by atoms with E-state index in [1.54, 1.807) is 0 Å². The van der Waals surface area contributed by atoms with Crippen molar-refractivity contribution in [1.82, 2.24) is 4.98 Å². The summed E-state index contributed by atoms with van der Waals surface area (Å²) >= 11 is 0. The number of ether oxygens (including phenoxy) is 3. The van der Waals surface area contributed by atoms with Gasteiger partial charge in [-0.05, 0) is 13.3 Å². The maximum Gasteiger partial charge on any atom is 0.376 e. The second-order valence-corrected chi connectivity index (χ2v) is 3.61. The summed E-state index contributed by atoms with van der Waals surface area (Å²) in [6.45, 7) is 3.50. The van der Waals surface area contributed by atoms with Gasteiger partial charge in [0.2, 0.25) is 5.76 Å². The molecule has 6 heteroatoms. The second kappa shape index (κ2) is 7.84. The van der Waals surface area contributed by atoms with Crippen molar-refractivity contribution in [2.45, 2.75) is 26.4 Å². The van der Waals surface area contributed by atoms with Gasteiger partial charge < -0.3 is 18.6 Å². The molecule has 1 rings (SSSR count). The summed E-state index contributed by atoms with van der Waals surface area (Å²) in [6.07, 6.45) is 1.41. The molecule has 0 amide bonds. The van der Waals surface area contributed by atoms with Gasteiger partial charge in [0.15, 0.2) is 5.89 Å². The molecule has 0 N–H and O–H groups in total. The molecule has 6 nitrogen and oxygen atoms in total. The number of nitrogens with zero attached hydrogens (tertiary/aromatic N) is 1. The Morgan fingerprint density at radius 3 is 2.78 bits per heavy atom. The highest BCUT2D eigenvalue weighted by molar-refractivity contribution is 5.87. The van der Waals surface area contributed by atoms with Crippen molar-refractivity contribution in [3.8, 4) is 0 Å². The standard InChI is InChI=1S/C12H19NO5/c1-4-17-7-5-6-10-13-9(8-15-2)11(18-10)12(14)16-3/h4-8H2,1-3H3. The number of methoxy groups -OCH3 is 2. The Morgan fingerprint density at radius 1 is 1.39 bits per heavy atom. The lowest BCUT2D eigenvalue weighted by Crippen LogP contribution is -2.04. The molecule has 0 radical (unpaired) electrons. The van der Waals surface area contributed by atoms with Gasteiger partial charge in [-0.1, -0.05) is 0 Å². The first kappa shape index (κ1) is 14.7. The van der Waals surface area contributed by atoms with Crippen LogP contribution in [-0.4, -0.2) is 38.4 Å². The number of hydrogen-bond donors (Lipinski definition) is 0. The minimum Gasteiger partial charge on any atom is -0.463 e. The molecule has 0 saturated heterocycles. The summed E-state index contributed by atoms with van der Waals surface area (Å²) in [6, 6.07) is 0. The quantitative estimate of drug-likeness (QED) is 0.520. The van der Waals surface area contributed by atoms with Crippen LogP contribution >= 0.6 is 0 Å². The van der Waals surface area contributed by atoms with Gasteiger partial charge in [0.25, 0.3) is 0 Å². The number of oxazole rings is 1. The number of carbonyl (C=O) groups excluding carboxylic acids is 1. The summed E-state index contributed by atoms with van der Waals surface area (Å²) in [7, 11) is 2.83. The van der Waals surface area contributed by atoms with Crippen LogP contribution in [0.3, 0.4) is 0 Å². The summed E-state index contributed by atoms with van der Waals surface area (Å²) < 4.78 is 20.2. The van der Waals surface area contributed by atoms with Gasteiger partial charge in [0.05, 0.1) is 13.7 Å². The lowest BCUT2D eigenvalue weighted by atomic mass is 10.3. The highest BCUT2D eigenvalue weighted by atomic mass is 16.5. The van der Waals surface area contributed by atoms with Gasteiger partial charge in [-0.3, -0.25) is 0 Å². The molecule has 1 aromatic heterocycles. The van der Waals surface area contributed by atoms with E-state index >= 15 is 0 Å². The number of aryl methyl sites for hydroxylation is 1. The van der Waals surface area contributed by atoms with Crippen LogP contribution in [0.25, 0.3) is 0 Å². The molecule has 18 heavy (non-hydrogen) atoms. The predicted molar refractivity (Wildman–Crippen MR) is 63.4 cm³/mol. The fourth-order valence-electron chi connectivity index (χ4n) is 1.46. The van der Waals surface area contributed by atoms with Gasteiger partial charge in [-0.2, -0.15) is 0 Å². The Morgan fingerprint density at radius 2 is 2.17 bits per heavy atom. The number of aromatic nitrogens is 1. The van der Waals surface area contributed by atoms with Crippen molar-refractivity contribution in [2.24, 2.45) is 0 Å². The van der Waals surface area contributed by atoms with Crippen LogP contribution in [-0.2, 0) is 27.2 Å². The molecule has 0 fully saturated rings. The molecular weight excluding hydrogens is 238 g/mol. The smallest absolute Gasteiger partial charge is 0.376 e. The van der Waals surface area contributed by atoms with Crippen molar-refractivity contribution in [3.05, 3.63) is 17.3 Å². The van der Waals surface area contributed by atoms with E-state index in [4.69, 9.17) is 13.9 Å². The minimum absolute atomic E-state index is 0.116. The van der Waals surface area contributed by atoms with E-state index in [9.17, 15) is 4.79 Å². The number of carbonyl (C=O) groups is 1. The topological polar surface area (TPSA) is 70.8 Å². The fraction of sp³-hybridized carbons (Fsp3) is 0.667. The molecular formula is C12H19NO5. The lowest BCUT2D eigenvalue weighted by molar-refractivity contribution is 0.0556. The van der Waals surface area contributed by atoms with Crippen LogP contribution in [0.5, 0.6) is 0 Å². The first-order chi connectivity index (χ1) is 8.72. The average molecular weight is 257 g/mol. The van der Waals surface area contributed by atoms with Gasteiger partial charge in [0.1, 0.15) is 5.69 Å². The van der Waals surface area contributed by atoms with E-state index < -0.39 is 5.97 Å². The van der Waals surface area contributed by atoms with Crippen LogP contribution in [0.15, 0.2) is 4.42 Å². The lowest BCUT2D eigenvalue weighted by Gasteiger charge is -1.97. The summed E-state index contributed by atoms with van der Waals surface area (Å²) in [5.74, 6) is 0.0820. The molecule has 0 aliphatic rings. The van der Waals surface area contributed by atoms with Crippen LogP contribution in [0.2, 0.25) is 0 Å². The van der Waals surface area contributed by atoms with Crippen molar-refractivity contribution in [3.63, 3.8) is 0 Å². The third-order valence-corrected chi connectivity index (χ3v) is 2.28. The Balaban J connectivity index is 2.66. The summed E-state index contributed by atoms with van der Waals surface area (Å²) in [5.41, 5.74) is 0.468. The molecule has 0 unspecified atom stereocenters. The van der Waals surface area contributed by atoms with Crippen molar-refractivity contribution >= 4 is 5.97 Å². The molecule has 102 valence electrons. The SMILES string of the molecule is CCOCCCc1nc(COC)c(C(=O)OC)o1. The van der Waals surface area contributed by atoms with E-state index in [1.807, 2.05) is 6.92 Å². The number of hydrogen-bond acceptors (Lipinski definition) is 6. The van der Waals surface area contributed by atoms with E-state index in [-0.39, 0.29) is 12.4 Å². The first-order valence-corrected chi connectivity index (χ1v) is 5.86. The Kier molecular flexibility index (Phi) is 6.38. The Labute approximate surface area is 106 Å². The summed E-state index contributed by atoms with van der Waals surface area (Å²) in [4.78, 5) is 15.7. The predicted octanol–water partition coefficient (Wildman–Crippen LogP) is 1.58. The van der Waals surface area contributed by atoms with Gasteiger partial charge in [-0.15, -0.1) is 0 Å². The van der Waals surface area contributed by atoms with Crippen molar-refractivity contribution < 1.29 is 23.4 Å². The molecule has 1 heterocycles. The molecule has 0 aliphatic heterocycles. The Bertz CT molecular complexity index is 375. The molecule has 1 aromatic rings. The van der Waals surface area contributed by atoms with Gasteiger partial charge in [-0.25, -0.2) is 9.78 Å². The Hall–Kier alpha value is -1.40. The molecule has 0 aliphatic carbocycles. The highest BCUT2D eigenvalue weighted by Gasteiger charge is 2.20. The van der Waals surface area contributed by atoms with Crippen LogP contribution in [0.1, 0.15) is 35.5 Å². The third kappa shape index (κ3) is 4.12. The van der Waals surface area contributed by atoms with Gasteiger partial charge >= 0.3 is 5.97 Å². The van der Waals surface area contributed by atoms with E-state index in [2.05, 4.69) is 9.72 Å². The average Bonchev–Trinajstić information content (AvgIpc) is 2.77. The van der Waals surface area contributed by atoms with Crippen molar-refractivity contribution in [1.29, 1.82) is 0 Å². The molecule has 0 spiro atoms. The maximum atomic E-state index is 11.5. The first-order valence-electron chi connectivity index (χ1n) is 5.86. The number of esters is 1. The fourth-order valence-corrected chi connectivity index (χ4v) is 1.46. The zero-order valence-corrected chi connectivity index (χ0v) is 11.0. The highest BCUT2D eigenvalue weighted by Crippen LogP contribution is 2.14. The van der Waals surface area contributed by atoms with Crippen LogP contribution in [0.4, 0.5) is 0 Å². The normalized spacial score (nSPS) is 10.6. The molecule has 0 saturated carbocycles. The van der Waals surface area contributed by atoms with Crippen LogP contribution < -0.4 is 0 Å². The van der Waals surface area contributed by atoms with Crippen LogP contribution in [0, 0.1) is 0 Å². The van der Waals surface area contributed by atoms with E-state index in [1.165, 1.54) is 14.2 Å². The monoisotopic (exact) mass is 257 g/mol. The zero-order valence-electron chi connectivity index (χ0n) is 11.0. The largest absolute Gasteiger partial charge is 0.463 e. The minimum atomic E-state index is -0.536. The van der Waals surface area contributed by atoms with Crippen molar-refractivity contribution in [2.75, 3.05) is 27.4 Å². The molecule has 0 bridgehead atoms.